The molecule has 0 N–H and O–H groups in total. The van der Waals surface area contributed by atoms with Gasteiger partial charge in [-0.15, -0.1) is 0 Å². The van der Waals surface area contributed by atoms with E-state index in [1.165, 1.54) is 13.8 Å². The van der Waals surface area contributed by atoms with Crippen molar-refractivity contribution in [3.8, 4) is 0 Å². The number of ketones is 1. The molecule has 1 heterocycles. The van der Waals surface area contributed by atoms with E-state index in [4.69, 9.17) is 4.74 Å². The highest BCUT2D eigenvalue weighted by Gasteiger charge is 2.50. The van der Waals surface area contributed by atoms with Gasteiger partial charge in [0.1, 0.15) is 17.5 Å². The zero-order chi connectivity index (χ0) is 20.4. The van der Waals surface area contributed by atoms with Gasteiger partial charge >= 0.3 is 5.97 Å². The fraction of sp³-hybridized carbons (Fsp3) is 0.444. The maximum Gasteiger partial charge on any atom is 0.317 e. The van der Waals surface area contributed by atoms with Crippen molar-refractivity contribution in [1.82, 2.24) is 0 Å². The van der Waals surface area contributed by atoms with Crippen LogP contribution in [0.1, 0.15) is 32.3 Å². The molecule has 1 aromatic rings. The van der Waals surface area contributed by atoms with Gasteiger partial charge in [0.05, 0.1) is 11.5 Å². The topological polar surface area (TPSA) is 121 Å². The third-order valence-electron chi connectivity index (χ3n) is 4.61. The summed E-state index contributed by atoms with van der Waals surface area (Å²) in [5.74, 6) is -4.67. The molecule has 0 amide bonds. The fourth-order valence-electron chi connectivity index (χ4n) is 3.41. The standard InChI is InChI=1S/C18H21NO7S/c1-4-26-18(21)15(12(3)20)16(13-8-6-5-7-9-13)17-11(2)14(19(22)23)10-27(17,24)25/h5-9,14-16H,4,10H2,1-3H3/t14-,15+,16+/m1/s1. The molecule has 0 aliphatic carbocycles. The number of sulfone groups is 1. The number of ether oxygens (including phenoxy) is 1. The summed E-state index contributed by atoms with van der Waals surface area (Å²) in [5, 5.41) is 11.3. The predicted octanol–water partition coefficient (Wildman–Crippen LogP) is 1.89. The van der Waals surface area contributed by atoms with Crippen LogP contribution < -0.4 is 0 Å². The van der Waals surface area contributed by atoms with E-state index in [1.807, 2.05) is 0 Å². The van der Waals surface area contributed by atoms with Gasteiger partial charge in [0.15, 0.2) is 9.84 Å². The van der Waals surface area contributed by atoms with Crippen LogP contribution in [0.4, 0.5) is 0 Å². The van der Waals surface area contributed by atoms with Crippen molar-refractivity contribution in [2.24, 2.45) is 5.92 Å². The zero-order valence-corrected chi connectivity index (χ0v) is 16.1. The first-order chi connectivity index (χ1) is 12.6. The predicted molar refractivity (Wildman–Crippen MR) is 97.3 cm³/mol. The molecule has 1 aliphatic rings. The number of benzene rings is 1. The second-order valence-corrected chi connectivity index (χ2v) is 8.36. The fourth-order valence-corrected chi connectivity index (χ4v) is 5.67. The van der Waals surface area contributed by atoms with E-state index in [0.717, 1.165) is 0 Å². The highest BCUT2D eigenvalue weighted by molar-refractivity contribution is 7.95. The summed E-state index contributed by atoms with van der Waals surface area (Å²) in [6.45, 7) is 4.14. The molecule has 0 saturated heterocycles. The number of hydrogen-bond donors (Lipinski definition) is 0. The number of nitro groups is 1. The molecule has 1 aromatic carbocycles. The first-order valence-electron chi connectivity index (χ1n) is 8.40. The first kappa shape index (κ1) is 20.8. The number of allylic oxidation sites excluding steroid dienone is 1. The molecular formula is C18H21NO7S. The van der Waals surface area contributed by atoms with Gasteiger partial charge in [-0.2, -0.15) is 0 Å². The lowest BCUT2D eigenvalue weighted by molar-refractivity contribution is -0.505. The molecule has 0 spiro atoms. The van der Waals surface area contributed by atoms with Crippen molar-refractivity contribution < 1.29 is 27.7 Å². The van der Waals surface area contributed by atoms with Crippen LogP contribution >= 0.6 is 0 Å². The van der Waals surface area contributed by atoms with Gasteiger partial charge in [-0.25, -0.2) is 8.42 Å². The van der Waals surface area contributed by atoms with Crippen LogP contribution in [0.15, 0.2) is 40.8 Å². The Balaban J connectivity index is 2.75. The van der Waals surface area contributed by atoms with Crippen molar-refractivity contribution in [3.63, 3.8) is 0 Å². The minimum Gasteiger partial charge on any atom is -0.465 e. The van der Waals surface area contributed by atoms with E-state index in [1.54, 1.807) is 37.3 Å². The second kappa shape index (κ2) is 7.99. The molecule has 8 nitrogen and oxygen atoms in total. The molecule has 0 saturated carbocycles. The van der Waals surface area contributed by atoms with E-state index in [-0.39, 0.29) is 17.1 Å². The normalized spacial score (nSPS) is 20.8. The number of nitrogens with zero attached hydrogens (tertiary/aromatic N) is 1. The Morgan fingerprint density at radius 2 is 1.89 bits per heavy atom. The Kier molecular flexibility index (Phi) is 6.15. The summed E-state index contributed by atoms with van der Waals surface area (Å²) >= 11 is 0. The number of carbonyl (C=O) groups is 2. The second-order valence-electron chi connectivity index (χ2n) is 6.36. The third kappa shape index (κ3) is 4.08. The molecule has 0 unspecified atom stereocenters. The molecule has 0 bridgehead atoms. The average Bonchev–Trinajstić information content (AvgIpc) is 2.83. The van der Waals surface area contributed by atoms with E-state index < -0.39 is 50.1 Å². The minimum atomic E-state index is -4.03. The van der Waals surface area contributed by atoms with E-state index in [2.05, 4.69) is 0 Å². The van der Waals surface area contributed by atoms with Crippen LogP contribution in [-0.2, 0) is 24.2 Å². The molecule has 1 aliphatic heterocycles. The van der Waals surface area contributed by atoms with Gasteiger partial charge in [0, 0.05) is 16.4 Å². The smallest absolute Gasteiger partial charge is 0.317 e. The summed E-state index contributed by atoms with van der Waals surface area (Å²) < 4.78 is 30.6. The zero-order valence-electron chi connectivity index (χ0n) is 15.2. The van der Waals surface area contributed by atoms with Crippen LogP contribution in [-0.4, -0.2) is 43.5 Å². The maximum atomic E-state index is 12.8. The number of carbonyl (C=O) groups excluding carboxylic acids is 2. The van der Waals surface area contributed by atoms with Gasteiger partial charge in [-0.3, -0.25) is 19.7 Å². The monoisotopic (exact) mass is 395 g/mol. The quantitative estimate of drug-likeness (QED) is 0.299. The lowest BCUT2D eigenvalue weighted by Crippen LogP contribution is -2.33. The number of rotatable bonds is 7. The summed E-state index contributed by atoms with van der Waals surface area (Å²) in [4.78, 5) is 35.2. The van der Waals surface area contributed by atoms with Crippen LogP contribution in [0.5, 0.6) is 0 Å². The number of Topliss-reactive ketones (excluding diaryl/α,β-unsaturated/α-hetero) is 1. The van der Waals surface area contributed by atoms with E-state index >= 15 is 0 Å². The maximum absolute atomic E-state index is 12.8. The lowest BCUT2D eigenvalue weighted by atomic mass is 9.81. The third-order valence-corrected chi connectivity index (χ3v) is 6.61. The summed E-state index contributed by atoms with van der Waals surface area (Å²) in [6.07, 6.45) is 0. The summed E-state index contributed by atoms with van der Waals surface area (Å²) in [6, 6.07) is 6.79. The molecule has 0 aromatic heterocycles. The Morgan fingerprint density at radius 3 is 2.33 bits per heavy atom. The Bertz CT molecular complexity index is 890. The van der Waals surface area contributed by atoms with Gasteiger partial charge in [-0.05, 0) is 26.3 Å². The van der Waals surface area contributed by atoms with Crippen LogP contribution in [0.25, 0.3) is 0 Å². The molecule has 2 rings (SSSR count). The van der Waals surface area contributed by atoms with Crippen LogP contribution in [0.3, 0.4) is 0 Å². The molecule has 9 heteroatoms. The first-order valence-corrected chi connectivity index (χ1v) is 10.1. The van der Waals surface area contributed by atoms with Crippen molar-refractivity contribution in [2.75, 3.05) is 12.4 Å². The Labute approximate surface area is 157 Å². The summed E-state index contributed by atoms with van der Waals surface area (Å²) in [5.41, 5.74) is 0.456. The Morgan fingerprint density at radius 1 is 1.30 bits per heavy atom. The van der Waals surface area contributed by atoms with Crippen LogP contribution in [0, 0.1) is 16.0 Å². The molecule has 3 atom stereocenters. The van der Waals surface area contributed by atoms with Crippen molar-refractivity contribution >= 4 is 21.6 Å². The Hall–Kier alpha value is -2.55. The van der Waals surface area contributed by atoms with Gasteiger partial charge in [0.25, 0.3) is 0 Å². The minimum absolute atomic E-state index is 0.0203. The highest BCUT2D eigenvalue weighted by Crippen LogP contribution is 2.43. The van der Waals surface area contributed by atoms with E-state index in [0.29, 0.717) is 5.56 Å². The molecule has 0 radical (unpaired) electrons. The van der Waals surface area contributed by atoms with Crippen molar-refractivity contribution in [1.29, 1.82) is 0 Å². The summed E-state index contributed by atoms with van der Waals surface area (Å²) in [7, 11) is -4.03. The van der Waals surface area contributed by atoms with Crippen molar-refractivity contribution in [2.45, 2.75) is 32.7 Å². The molecule has 27 heavy (non-hydrogen) atoms. The largest absolute Gasteiger partial charge is 0.465 e. The van der Waals surface area contributed by atoms with Gasteiger partial charge < -0.3 is 4.74 Å². The number of hydrogen-bond acceptors (Lipinski definition) is 7. The van der Waals surface area contributed by atoms with Gasteiger partial charge in [-0.1, -0.05) is 30.3 Å². The number of esters is 1. The van der Waals surface area contributed by atoms with Gasteiger partial charge in [0.2, 0.25) is 6.04 Å². The van der Waals surface area contributed by atoms with Crippen LogP contribution in [0.2, 0.25) is 0 Å². The van der Waals surface area contributed by atoms with Crippen molar-refractivity contribution in [3.05, 3.63) is 56.5 Å². The highest BCUT2D eigenvalue weighted by atomic mass is 32.2. The molecule has 146 valence electrons. The van der Waals surface area contributed by atoms with E-state index in [9.17, 15) is 28.1 Å². The lowest BCUT2D eigenvalue weighted by Gasteiger charge is -2.25. The average molecular weight is 395 g/mol. The SMILES string of the molecule is CCOC(=O)[C@@H](C(C)=O)[C@@H](C1=C(C)[C@H]([N+](=O)[O-])CS1(=O)=O)c1ccccc1. The molecule has 0 fully saturated rings. The molecular weight excluding hydrogens is 374 g/mol.